The van der Waals surface area contributed by atoms with Gasteiger partial charge in [-0.05, 0) is 36.4 Å². The van der Waals surface area contributed by atoms with Gasteiger partial charge in [-0.2, -0.15) is 0 Å². The Labute approximate surface area is 114 Å². The fourth-order valence-electron chi connectivity index (χ4n) is 1.37. The molecule has 3 rings (SSSR count). The lowest BCUT2D eigenvalue weighted by atomic mass is 10.2. The third-order valence-corrected chi connectivity index (χ3v) is 2.75. The molecule has 0 aliphatic carbocycles. The molecule has 0 saturated heterocycles. The summed E-state index contributed by atoms with van der Waals surface area (Å²) in [5, 5.41) is 0. The first kappa shape index (κ1) is 12.6. The average molecular weight is 302 g/mol. The molecule has 0 bridgehead atoms. The predicted octanol–water partition coefficient (Wildman–Crippen LogP) is 4.79. The fourth-order valence-corrected chi connectivity index (χ4v) is 1.63. The van der Waals surface area contributed by atoms with Crippen LogP contribution in [0.3, 0.4) is 0 Å². The van der Waals surface area contributed by atoms with E-state index in [1.54, 1.807) is 18.7 Å². The van der Waals surface area contributed by atoms with Crippen LogP contribution < -0.4 is 0 Å². The van der Waals surface area contributed by atoms with Crippen molar-refractivity contribution in [1.82, 2.24) is 4.98 Å². The molecule has 2 heterocycles. The lowest BCUT2D eigenvalue weighted by Crippen LogP contribution is -1.71. The summed E-state index contributed by atoms with van der Waals surface area (Å²) in [7, 11) is 0. The Balaban J connectivity index is 0.000000169. The number of hydrogen-bond acceptors (Lipinski definition) is 2. The minimum Gasteiger partial charge on any atom is -0.464 e. The van der Waals surface area contributed by atoms with Crippen LogP contribution in [-0.2, 0) is 0 Å². The van der Waals surface area contributed by atoms with Crippen molar-refractivity contribution in [2.45, 2.75) is 0 Å². The van der Waals surface area contributed by atoms with Crippen LogP contribution in [0.4, 0.5) is 0 Å². The predicted molar refractivity (Wildman–Crippen MR) is 76.1 cm³/mol. The number of nitrogens with zero attached hydrogens (tertiary/aromatic N) is 1. The lowest BCUT2D eigenvalue weighted by Gasteiger charge is -1.95. The van der Waals surface area contributed by atoms with E-state index in [0.29, 0.717) is 0 Å². The van der Waals surface area contributed by atoms with Crippen LogP contribution in [0.5, 0.6) is 0 Å². The second kappa shape index (κ2) is 6.77. The van der Waals surface area contributed by atoms with Crippen molar-refractivity contribution in [3.05, 3.63) is 77.7 Å². The highest BCUT2D eigenvalue weighted by molar-refractivity contribution is 9.10. The SMILES string of the molecule is Brc1ccc(-c2ccco2)cc1.c1ccncc1. The summed E-state index contributed by atoms with van der Waals surface area (Å²) < 4.78 is 6.33. The van der Waals surface area contributed by atoms with Crippen molar-refractivity contribution < 1.29 is 4.42 Å². The average Bonchev–Trinajstić information content (AvgIpc) is 2.96. The van der Waals surface area contributed by atoms with Crippen molar-refractivity contribution >= 4 is 15.9 Å². The van der Waals surface area contributed by atoms with Gasteiger partial charge in [0.25, 0.3) is 0 Å². The minimum absolute atomic E-state index is 0.905. The maximum atomic E-state index is 5.24. The van der Waals surface area contributed by atoms with Gasteiger partial charge < -0.3 is 4.42 Å². The van der Waals surface area contributed by atoms with Crippen molar-refractivity contribution in [3.63, 3.8) is 0 Å². The number of rotatable bonds is 1. The molecule has 2 nitrogen and oxygen atoms in total. The molecule has 0 amide bonds. The van der Waals surface area contributed by atoms with E-state index in [9.17, 15) is 0 Å². The third-order valence-electron chi connectivity index (χ3n) is 2.22. The first-order chi connectivity index (χ1) is 8.86. The molecular formula is C15H12BrNO. The Hall–Kier alpha value is -1.87. The third kappa shape index (κ3) is 3.86. The van der Waals surface area contributed by atoms with Gasteiger partial charge in [-0.3, -0.25) is 4.98 Å². The molecule has 0 spiro atoms. The Kier molecular flexibility index (Phi) is 4.73. The van der Waals surface area contributed by atoms with Crippen LogP contribution in [0.15, 0.2) is 82.1 Å². The zero-order chi connectivity index (χ0) is 12.6. The summed E-state index contributed by atoms with van der Waals surface area (Å²) >= 11 is 3.38. The molecular weight excluding hydrogens is 290 g/mol. The highest BCUT2D eigenvalue weighted by atomic mass is 79.9. The van der Waals surface area contributed by atoms with Gasteiger partial charge in [-0.25, -0.2) is 0 Å². The second-order valence-electron chi connectivity index (χ2n) is 3.51. The smallest absolute Gasteiger partial charge is 0.133 e. The number of pyridine rings is 1. The normalized spacial score (nSPS) is 9.39. The van der Waals surface area contributed by atoms with Crippen LogP contribution in [0.2, 0.25) is 0 Å². The van der Waals surface area contributed by atoms with Crippen molar-refractivity contribution in [3.8, 4) is 11.3 Å². The molecule has 90 valence electrons. The monoisotopic (exact) mass is 301 g/mol. The fraction of sp³-hybridized carbons (Fsp3) is 0. The molecule has 0 N–H and O–H groups in total. The molecule has 0 radical (unpaired) electrons. The molecule has 0 aliphatic heterocycles. The molecule has 0 unspecified atom stereocenters. The Morgan fingerprint density at radius 2 is 1.56 bits per heavy atom. The summed E-state index contributed by atoms with van der Waals surface area (Å²) in [6.45, 7) is 0. The molecule has 3 heteroatoms. The van der Waals surface area contributed by atoms with Crippen molar-refractivity contribution in [2.24, 2.45) is 0 Å². The Morgan fingerprint density at radius 1 is 0.833 bits per heavy atom. The largest absolute Gasteiger partial charge is 0.464 e. The molecule has 18 heavy (non-hydrogen) atoms. The highest BCUT2D eigenvalue weighted by Gasteiger charge is 1.97. The van der Waals surface area contributed by atoms with Crippen molar-refractivity contribution in [2.75, 3.05) is 0 Å². The van der Waals surface area contributed by atoms with Crippen molar-refractivity contribution in [1.29, 1.82) is 0 Å². The van der Waals surface area contributed by atoms with E-state index >= 15 is 0 Å². The molecule has 0 saturated carbocycles. The van der Waals surface area contributed by atoms with Gasteiger partial charge in [0.1, 0.15) is 5.76 Å². The molecule has 2 aromatic heterocycles. The quantitative estimate of drug-likeness (QED) is 0.646. The first-order valence-corrected chi connectivity index (χ1v) is 6.30. The topological polar surface area (TPSA) is 26.0 Å². The number of halogens is 1. The van der Waals surface area contributed by atoms with Gasteiger partial charge >= 0.3 is 0 Å². The summed E-state index contributed by atoms with van der Waals surface area (Å²) in [5.41, 5.74) is 1.10. The number of furan rings is 1. The van der Waals surface area contributed by atoms with Crippen LogP contribution in [0.1, 0.15) is 0 Å². The molecule has 3 aromatic rings. The van der Waals surface area contributed by atoms with Gasteiger partial charge in [-0.15, -0.1) is 0 Å². The van der Waals surface area contributed by atoms with Gasteiger partial charge in [0.2, 0.25) is 0 Å². The van der Waals surface area contributed by atoms with E-state index in [1.165, 1.54) is 0 Å². The number of hydrogen-bond donors (Lipinski definition) is 0. The maximum absolute atomic E-state index is 5.24. The molecule has 0 fully saturated rings. The van der Waals surface area contributed by atoms with E-state index in [-0.39, 0.29) is 0 Å². The minimum atomic E-state index is 0.905. The van der Waals surface area contributed by atoms with E-state index in [1.807, 2.05) is 54.6 Å². The maximum Gasteiger partial charge on any atom is 0.133 e. The van der Waals surface area contributed by atoms with Gasteiger partial charge in [0.15, 0.2) is 0 Å². The van der Waals surface area contributed by atoms with Crippen LogP contribution in [0, 0.1) is 0 Å². The van der Waals surface area contributed by atoms with Gasteiger partial charge in [0, 0.05) is 22.4 Å². The molecule has 0 aliphatic rings. The van der Waals surface area contributed by atoms with Crippen LogP contribution in [0.25, 0.3) is 11.3 Å². The van der Waals surface area contributed by atoms with Crippen LogP contribution in [-0.4, -0.2) is 4.98 Å². The Morgan fingerprint density at radius 3 is 2.00 bits per heavy atom. The van der Waals surface area contributed by atoms with E-state index in [2.05, 4.69) is 20.9 Å². The van der Waals surface area contributed by atoms with E-state index in [0.717, 1.165) is 15.8 Å². The van der Waals surface area contributed by atoms with Gasteiger partial charge in [-0.1, -0.05) is 34.1 Å². The summed E-state index contributed by atoms with van der Waals surface area (Å²) in [6.07, 6.45) is 5.18. The summed E-state index contributed by atoms with van der Waals surface area (Å²) in [4.78, 5) is 3.78. The van der Waals surface area contributed by atoms with Crippen LogP contribution >= 0.6 is 15.9 Å². The number of aromatic nitrogens is 1. The standard InChI is InChI=1S/C10H7BrO.C5H5N/c11-9-5-3-8(4-6-9)10-2-1-7-12-10;1-2-4-6-5-3-1/h1-7H;1-5H. The zero-order valence-electron chi connectivity index (χ0n) is 9.66. The highest BCUT2D eigenvalue weighted by Crippen LogP contribution is 2.21. The first-order valence-electron chi connectivity index (χ1n) is 5.51. The van der Waals surface area contributed by atoms with Gasteiger partial charge in [0.05, 0.1) is 6.26 Å². The lowest BCUT2D eigenvalue weighted by molar-refractivity contribution is 0.582. The molecule has 0 atom stereocenters. The van der Waals surface area contributed by atoms with E-state index in [4.69, 9.17) is 4.42 Å². The zero-order valence-corrected chi connectivity index (χ0v) is 11.2. The second-order valence-corrected chi connectivity index (χ2v) is 4.42. The summed E-state index contributed by atoms with van der Waals surface area (Å²) in [6, 6.07) is 17.6. The van der Waals surface area contributed by atoms with E-state index < -0.39 is 0 Å². The molecule has 1 aromatic carbocycles. The Bertz CT molecular complexity index is 520. The summed E-state index contributed by atoms with van der Waals surface area (Å²) in [5.74, 6) is 0.905. The number of benzene rings is 1.